The van der Waals surface area contributed by atoms with Gasteiger partial charge in [0.05, 0.1) is 6.54 Å². The molecule has 0 saturated carbocycles. The van der Waals surface area contributed by atoms with Crippen LogP contribution >= 0.6 is 0 Å². The number of carbonyl (C=O) groups is 1. The van der Waals surface area contributed by atoms with Crippen molar-refractivity contribution < 1.29 is 44.6 Å². The Kier molecular flexibility index (Phi) is 16.9. The summed E-state index contributed by atoms with van der Waals surface area (Å²) in [5, 5.41) is 19.3. The molecule has 0 aliphatic carbocycles. The number of rotatable bonds is 10. The monoisotopic (exact) mass is 275 g/mol. The molecule has 1 N–H and O–H groups in total. The second-order valence-corrected chi connectivity index (χ2v) is 4.02. The van der Waals surface area contributed by atoms with E-state index in [9.17, 15) is 9.90 Å². The summed E-state index contributed by atoms with van der Waals surface area (Å²) in [6.45, 7) is 2.51. The van der Waals surface area contributed by atoms with E-state index >= 15 is 0 Å². The van der Waals surface area contributed by atoms with Gasteiger partial charge >= 0.3 is 35.5 Å². The second-order valence-electron chi connectivity index (χ2n) is 4.02. The van der Waals surface area contributed by atoms with Crippen molar-refractivity contribution in [2.45, 2.75) is 45.4 Å². The first-order chi connectivity index (χ1) is 8.66. The van der Waals surface area contributed by atoms with E-state index in [1.807, 2.05) is 12.2 Å². The molecule has 0 aliphatic heterocycles. The topological polar surface area (TPSA) is 72.7 Å². The van der Waals surface area contributed by atoms with Gasteiger partial charge in [0.25, 0.3) is 0 Å². The van der Waals surface area contributed by atoms with Crippen LogP contribution in [0.25, 0.3) is 0 Å². The molecule has 0 radical (unpaired) electrons. The number of unbranched alkanes of at least 4 members (excludes halogenated alkanes) is 5. The molecule has 0 saturated heterocycles. The van der Waals surface area contributed by atoms with Crippen molar-refractivity contribution in [1.82, 2.24) is 0 Å². The van der Waals surface area contributed by atoms with Crippen LogP contribution in [0.4, 0.5) is 0 Å². The van der Waals surface area contributed by atoms with Crippen LogP contribution in [-0.4, -0.2) is 23.5 Å². The number of hydrogen-bond donors (Lipinski definition) is 1. The van der Waals surface area contributed by atoms with Crippen LogP contribution in [0.2, 0.25) is 0 Å². The Morgan fingerprint density at radius 1 is 1.16 bits per heavy atom. The van der Waals surface area contributed by atoms with E-state index in [1.54, 1.807) is 0 Å². The Labute approximate surface area is 137 Å². The molecule has 0 atom stereocenters. The van der Waals surface area contributed by atoms with Crippen molar-refractivity contribution in [3.63, 3.8) is 0 Å². The zero-order valence-corrected chi connectivity index (χ0v) is 14.0. The van der Waals surface area contributed by atoms with Gasteiger partial charge in [-0.3, -0.25) is 4.99 Å². The Bertz CT molecular complexity index is 312. The number of aliphatic carboxylic acids is 1. The standard InChI is InChI=1S/C14H23NO3.Na/c1-2-3-4-5-6-7-8-9-12-15-13(16)10-11-14(17)18;/h8-11H,2-7,12H2,1H3,(H,15,16)(H,17,18);/q;+1/p-1/b9-8+,11-10+;. The molecule has 102 valence electrons. The third-order valence-corrected chi connectivity index (χ3v) is 2.36. The van der Waals surface area contributed by atoms with E-state index < -0.39 is 11.9 Å². The van der Waals surface area contributed by atoms with E-state index in [1.165, 1.54) is 32.1 Å². The first-order valence-electron chi connectivity index (χ1n) is 6.44. The normalized spacial score (nSPS) is 11.9. The van der Waals surface area contributed by atoms with Gasteiger partial charge in [-0.05, 0) is 24.8 Å². The third-order valence-electron chi connectivity index (χ3n) is 2.36. The Morgan fingerprint density at radius 2 is 1.84 bits per heavy atom. The Balaban J connectivity index is 0. The molecule has 0 unspecified atom stereocenters. The molecule has 0 aliphatic rings. The van der Waals surface area contributed by atoms with Gasteiger partial charge in [0.1, 0.15) is 0 Å². The van der Waals surface area contributed by atoms with E-state index in [0.717, 1.165) is 18.6 Å². The maximum absolute atomic E-state index is 11.0. The minimum atomic E-state index is -1.14. The molecule has 5 heteroatoms. The molecule has 19 heavy (non-hydrogen) atoms. The van der Waals surface area contributed by atoms with Gasteiger partial charge in [-0.1, -0.05) is 44.8 Å². The Morgan fingerprint density at radius 3 is 2.47 bits per heavy atom. The summed E-state index contributed by atoms with van der Waals surface area (Å²) in [4.78, 5) is 13.8. The number of aliphatic imine (C=N–C) groups is 1. The summed E-state index contributed by atoms with van der Waals surface area (Å²) in [5.41, 5.74) is 0. The predicted molar refractivity (Wildman–Crippen MR) is 71.6 cm³/mol. The van der Waals surface area contributed by atoms with Crippen molar-refractivity contribution in [2.24, 2.45) is 4.99 Å². The van der Waals surface area contributed by atoms with Crippen LogP contribution in [0.5, 0.6) is 0 Å². The van der Waals surface area contributed by atoms with Gasteiger partial charge in [0.15, 0.2) is 0 Å². The zero-order valence-electron chi connectivity index (χ0n) is 12.0. The molecule has 0 aromatic carbocycles. The molecular formula is C14H22NNaO3. The number of hydrogen-bond acceptors (Lipinski definition) is 3. The SMILES string of the molecule is CCCCCCC/C=C/CN=C([O-])/C=C/C(=O)O.[Na+]. The number of nitrogens with zero attached hydrogens (tertiary/aromatic N) is 1. The average Bonchev–Trinajstić information content (AvgIpc) is 2.34. The molecule has 0 bridgehead atoms. The summed E-state index contributed by atoms with van der Waals surface area (Å²) >= 11 is 0. The van der Waals surface area contributed by atoms with Crippen molar-refractivity contribution in [3.8, 4) is 0 Å². The van der Waals surface area contributed by atoms with Gasteiger partial charge in [-0.25, -0.2) is 4.79 Å². The molecule has 0 rings (SSSR count). The van der Waals surface area contributed by atoms with Crippen molar-refractivity contribution in [3.05, 3.63) is 24.3 Å². The van der Waals surface area contributed by atoms with Crippen LogP contribution in [-0.2, 0) is 4.79 Å². The fourth-order valence-corrected chi connectivity index (χ4v) is 1.40. The second kappa shape index (κ2) is 15.5. The van der Waals surface area contributed by atoms with E-state index in [-0.39, 0.29) is 29.6 Å². The largest absolute Gasteiger partial charge is 1.00 e. The van der Waals surface area contributed by atoms with E-state index in [4.69, 9.17) is 5.11 Å². The number of carboxylic acid groups (broad SMARTS) is 1. The summed E-state index contributed by atoms with van der Waals surface area (Å²) in [6.07, 6.45) is 12.9. The molecule has 0 aromatic rings. The van der Waals surface area contributed by atoms with Crippen molar-refractivity contribution in [2.75, 3.05) is 6.54 Å². The summed E-state index contributed by atoms with van der Waals surface area (Å²) in [7, 11) is 0. The number of allylic oxidation sites excluding steroid dienone is 1. The summed E-state index contributed by atoms with van der Waals surface area (Å²) in [5.74, 6) is -1.65. The average molecular weight is 275 g/mol. The predicted octanol–water partition coefficient (Wildman–Crippen LogP) is -0.693. The minimum Gasteiger partial charge on any atom is -0.859 e. The van der Waals surface area contributed by atoms with E-state index in [2.05, 4.69) is 11.9 Å². The number of carboxylic acids is 1. The Hall–Kier alpha value is -0.580. The van der Waals surface area contributed by atoms with Crippen LogP contribution in [0.1, 0.15) is 45.4 Å². The fraction of sp³-hybridized carbons (Fsp3) is 0.571. The summed E-state index contributed by atoms with van der Waals surface area (Å²) in [6, 6.07) is 0. The smallest absolute Gasteiger partial charge is 0.859 e. The third kappa shape index (κ3) is 17.4. The maximum Gasteiger partial charge on any atom is 1.00 e. The van der Waals surface area contributed by atoms with Crippen molar-refractivity contribution in [1.29, 1.82) is 0 Å². The zero-order chi connectivity index (χ0) is 13.6. The summed E-state index contributed by atoms with van der Waals surface area (Å²) < 4.78 is 0. The van der Waals surface area contributed by atoms with Crippen LogP contribution < -0.4 is 34.7 Å². The van der Waals surface area contributed by atoms with Crippen molar-refractivity contribution >= 4 is 11.9 Å². The van der Waals surface area contributed by atoms with Gasteiger partial charge < -0.3 is 10.2 Å². The molecule has 0 aromatic heterocycles. The minimum absolute atomic E-state index is 0. The molecular weight excluding hydrogens is 253 g/mol. The van der Waals surface area contributed by atoms with Crippen LogP contribution in [0.15, 0.2) is 29.3 Å². The molecule has 0 spiro atoms. The molecule has 0 amide bonds. The van der Waals surface area contributed by atoms with Crippen LogP contribution in [0.3, 0.4) is 0 Å². The quantitative estimate of drug-likeness (QED) is 0.143. The first kappa shape index (κ1) is 20.7. The first-order valence-corrected chi connectivity index (χ1v) is 6.44. The molecule has 4 nitrogen and oxygen atoms in total. The van der Waals surface area contributed by atoms with Gasteiger partial charge in [-0.15, -0.1) is 0 Å². The maximum atomic E-state index is 11.0. The fourth-order valence-electron chi connectivity index (χ4n) is 1.40. The molecule has 0 fully saturated rings. The van der Waals surface area contributed by atoms with Crippen LogP contribution in [0, 0.1) is 0 Å². The van der Waals surface area contributed by atoms with Gasteiger partial charge in [0, 0.05) is 6.08 Å². The molecule has 0 heterocycles. The van der Waals surface area contributed by atoms with E-state index in [0.29, 0.717) is 6.54 Å². The van der Waals surface area contributed by atoms with Gasteiger partial charge in [0.2, 0.25) is 0 Å². The van der Waals surface area contributed by atoms with Gasteiger partial charge in [-0.2, -0.15) is 0 Å².